The summed E-state index contributed by atoms with van der Waals surface area (Å²) in [4.78, 5) is 34.4. The number of carbonyl (C=O) groups is 3. The fourth-order valence-electron chi connectivity index (χ4n) is 1.68. The van der Waals surface area contributed by atoms with Crippen molar-refractivity contribution in [3.8, 4) is 0 Å². The van der Waals surface area contributed by atoms with E-state index in [-0.39, 0.29) is 16.7 Å². The van der Waals surface area contributed by atoms with Crippen LogP contribution in [0.15, 0.2) is 18.2 Å². The molecule has 1 amide bonds. The van der Waals surface area contributed by atoms with Gasteiger partial charge in [-0.3, -0.25) is 15.0 Å². The van der Waals surface area contributed by atoms with Gasteiger partial charge in [-0.1, -0.05) is 0 Å². The third-order valence-electron chi connectivity index (χ3n) is 2.59. The van der Waals surface area contributed by atoms with Gasteiger partial charge in [-0.2, -0.15) is 0 Å². The summed E-state index contributed by atoms with van der Waals surface area (Å²) in [5.41, 5.74) is 4.92. The number of nitrogen functional groups attached to an aromatic ring is 1. The molecule has 23 heavy (non-hydrogen) atoms. The van der Waals surface area contributed by atoms with Crippen LogP contribution in [0.1, 0.15) is 47.1 Å². The van der Waals surface area contributed by atoms with Crippen molar-refractivity contribution < 1.29 is 24.2 Å². The maximum atomic E-state index is 12.0. The molecule has 8 nitrogen and oxygen atoms in total. The van der Waals surface area contributed by atoms with Crippen molar-refractivity contribution in [1.82, 2.24) is 5.32 Å². The average Bonchev–Trinajstić information content (AvgIpc) is 2.42. The second-order valence-corrected chi connectivity index (χ2v) is 5.75. The number of benzene rings is 1. The Hall–Kier alpha value is -2.90. The van der Waals surface area contributed by atoms with E-state index >= 15 is 0 Å². The highest BCUT2D eigenvalue weighted by atomic mass is 16.6. The normalized spacial score (nSPS) is 10.7. The van der Waals surface area contributed by atoms with Crippen LogP contribution in [0.2, 0.25) is 0 Å². The predicted molar refractivity (Wildman–Crippen MR) is 82.6 cm³/mol. The van der Waals surface area contributed by atoms with E-state index in [0.717, 1.165) is 0 Å². The fraction of sp³-hybridized carbons (Fsp3) is 0.333. The molecule has 0 saturated heterocycles. The number of hydrogen-bond acceptors (Lipinski definition) is 5. The molecule has 0 unspecified atom stereocenters. The number of carboxylic acids is 1. The molecule has 1 aromatic carbocycles. The van der Waals surface area contributed by atoms with Crippen molar-refractivity contribution in [3.05, 3.63) is 34.9 Å². The van der Waals surface area contributed by atoms with E-state index in [2.05, 4.69) is 5.32 Å². The summed E-state index contributed by atoms with van der Waals surface area (Å²) in [6.45, 7) is 4.57. The van der Waals surface area contributed by atoms with Gasteiger partial charge < -0.3 is 20.9 Å². The molecule has 1 rings (SSSR count). The maximum Gasteiger partial charge on any atom is 0.338 e. The lowest BCUT2D eigenvalue weighted by molar-refractivity contribution is -0.135. The average molecular weight is 321 g/mol. The molecule has 0 aromatic heterocycles. The summed E-state index contributed by atoms with van der Waals surface area (Å²) in [7, 11) is 0. The van der Waals surface area contributed by atoms with E-state index in [9.17, 15) is 14.4 Å². The van der Waals surface area contributed by atoms with Crippen LogP contribution in [0.5, 0.6) is 0 Å². The number of rotatable bonds is 5. The topological polar surface area (TPSA) is 143 Å². The van der Waals surface area contributed by atoms with Gasteiger partial charge >= 0.3 is 11.9 Å². The van der Waals surface area contributed by atoms with E-state index in [4.69, 9.17) is 21.0 Å². The van der Waals surface area contributed by atoms with E-state index in [0.29, 0.717) is 0 Å². The number of carboxylic acid groups (broad SMARTS) is 1. The smallest absolute Gasteiger partial charge is 0.338 e. The first-order valence-corrected chi connectivity index (χ1v) is 6.73. The number of amidine groups is 1. The Labute approximate surface area is 133 Å². The third kappa shape index (κ3) is 5.42. The molecule has 0 aliphatic heterocycles. The highest BCUT2D eigenvalue weighted by molar-refractivity contribution is 6.09. The van der Waals surface area contributed by atoms with Gasteiger partial charge in [0.05, 0.1) is 11.1 Å². The first-order chi connectivity index (χ1) is 10.5. The van der Waals surface area contributed by atoms with Crippen LogP contribution in [0.3, 0.4) is 0 Å². The zero-order valence-corrected chi connectivity index (χ0v) is 13.1. The molecule has 0 radical (unpaired) electrons. The van der Waals surface area contributed by atoms with Gasteiger partial charge in [-0.25, -0.2) is 4.79 Å². The summed E-state index contributed by atoms with van der Waals surface area (Å²) >= 11 is 0. The van der Waals surface area contributed by atoms with Gasteiger partial charge in [0.15, 0.2) is 0 Å². The lowest BCUT2D eigenvalue weighted by atomic mass is 10.0. The van der Waals surface area contributed by atoms with E-state index in [1.807, 2.05) is 0 Å². The quantitative estimate of drug-likeness (QED) is 0.358. The molecule has 0 aliphatic rings. The molecule has 1 aromatic rings. The van der Waals surface area contributed by atoms with Crippen molar-refractivity contribution in [2.45, 2.75) is 26.4 Å². The van der Waals surface area contributed by atoms with Crippen molar-refractivity contribution in [2.75, 3.05) is 6.54 Å². The Morgan fingerprint density at radius 3 is 2.35 bits per heavy atom. The summed E-state index contributed by atoms with van der Waals surface area (Å²) in [6.07, 6.45) is 0. The first-order valence-electron chi connectivity index (χ1n) is 6.73. The van der Waals surface area contributed by atoms with Crippen molar-refractivity contribution >= 4 is 23.7 Å². The predicted octanol–water partition coefficient (Wildman–Crippen LogP) is 0.740. The zero-order chi connectivity index (χ0) is 17.8. The zero-order valence-electron chi connectivity index (χ0n) is 13.1. The molecule has 0 fully saturated rings. The number of aliphatic carboxylic acids is 1. The van der Waals surface area contributed by atoms with Crippen LogP contribution in [-0.2, 0) is 9.53 Å². The lowest BCUT2D eigenvalue weighted by Gasteiger charge is -2.20. The molecule has 0 saturated carbocycles. The van der Waals surface area contributed by atoms with Crippen LogP contribution in [0.4, 0.5) is 0 Å². The largest absolute Gasteiger partial charge is 0.480 e. The highest BCUT2D eigenvalue weighted by Crippen LogP contribution is 2.16. The molecule has 0 atom stereocenters. The SMILES string of the molecule is CC(C)(C)OC(=O)c1ccc(C(=O)NCC(=O)O)c(C(=N)N)c1. The number of carbonyl (C=O) groups excluding carboxylic acids is 2. The Balaban J connectivity index is 3.12. The van der Waals surface area contributed by atoms with E-state index in [1.54, 1.807) is 20.8 Å². The van der Waals surface area contributed by atoms with Crippen LogP contribution < -0.4 is 11.1 Å². The molecule has 8 heteroatoms. The first kappa shape index (κ1) is 18.1. The standard InChI is InChI=1S/C15H19N3O5/c1-15(2,3)23-14(22)8-4-5-9(10(6-8)12(16)17)13(21)18-7-11(19)20/h4-6H,7H2,1-3H3,(H3,16,17)(H,18,21)(H,19,20). The van der Waals surface area contributed by atoms with Crippen molar-refractivity contribution in [3.63, 3.8) is 0 Å². The van der Waals surface area contributed by atoms with Crippen LogP contribution >= 0.6 is 0 Å². The molecular formula is C15H19N3O5. The Morgan fingerprint density at radius 2 is 1.87 bits per heavy atom. The van der Waals surface area contributed by atoms with Gasteiger partial charge in [-0.15, -0.1) is 0 Å². The minimum Gasteiger partial charge on any atom is -0.480 e. The summed E-state index contributed by atoms with van der Waals surface area (Å²) in [5, 5.41) is 18.3. The number of nitrogens with one attached hydrogen (secondary N) is 2. The molecule has 0 bridgehead atoms. The van der Waals surface area contributed by atoms with Crippen molar-refractivity contribution in [2.24, 2.45) is 5.73 Å². The Morgan fingerprint density at radius 1 is 1.26 bits per heavy atom. The highest BCUT2D eigenvalue weighted by Gasteiger charge is 2.21. The lowest BCUT2D eigenvalue weighted by Crippen LogP contribution is -2.31. The van der Waals surface area contributed by atoms with Crippen LogP contribution in [0, 0.1) is 5.41 Å². The van der Waals surface area contributed by atoms with Crippen molar-refractivity contribution in [1.29, 1.82) is 5.41 Å². The monoisotopic (exact) mass is 321 g/mol. The molecule has 124 valence electrons. The molecule has 0 spiro atoms. The minimum absolute atomic E-state index is 0.00561. The molecular weight excluding hydrogens is 302 g/mol. The number of esters is 1. The number of ether oxygens (including phenoxy) is 1. The van der Waals surface area contributed by atoms with Crippen LogP contribution in [0.25, 0.3) is 0 Å². The molecule has 5 N–H and O–H groups in total. The number of hydrogen-bond donors (Lipinski definition) is 4. The summed E-state index contributed by atoms with van der Waals surface area (Å²) in [6, 6.07) is 3.93. The van der Waals surface area contributed by atoms with Gasteiger partial charge in [0.25, 0.3) is 5.91 Å². The number of nitrogens with two attached hydrogens (primary N) is 1. The summed E-state index contributed by atoms with van der Waals surface area (Å²) in [5.74, 6) is -2.94. The number of amides is 1. The fourth-order valence-corrected chi connectivity index (χ4v) is 1.68. The van der Waals surface area contributed by atoms with Gasteiger partial charge in [0.1, 0.15) is 18.0 Å². The Bertz CT molecular complexity index is 662. The van der Waals surface area contributed by atoms with E-state index < -0.39 is 35.8 Å². The maximum absolute atomic E-state index is 12.0. The Kier molecular flexibility index (Phi) is 5.45. The molecule has 0 aliphatic carbocycles. The second-order valence-electron chi connectivity index (χ2n) is 5.75. The summed E-state index contributed by atoms with van der Waals surface area (Å²) < 4.78 is 5.21. The van der Waals surface area contributed by atoms with Gasteiger partial charge in [0.2, 0.25) is 0 Å². The molecule has 0 heterocycles. The van der Waals surface area contributed by atoms with Gasteiger partial charge in [-0.05, 0) is 39.0 Å². The second kappa shape index (κ2) is 6.91. The third-order valence-corrected chi connectivity index (χ3v) is 2.59. The minimum atomic E-state index is -1.20. The van der Waals surface area contributed by atoms with Gasteiger partial charge in [0, 0.05) is 5.56 Å². The van der Waals surface area contributed by atoms with Crippen LogP contribution in [-0.4, -0.2) is 40.9 Å². The van der Waals surface area contributed by atoms with E-state index in [1.165, 1.54) is 18.2 Å².